The van der Waals surface area contributed by atoms with Crippen LogP contribution in [0, 0.1) is 20.8 Å². The smallest absolute Gasteiger partial charge is 0.256 e. The van der Waals surface area contributed by atoms with Crippen molar-refractivity contribution in [3.05, 3.63) is 71.2 Å². The number of nitrogens with one attached hydrogen (secondary N) is 1. The largest absolute Gasteiger partial charge is 0.307 e. The van der Waals surface area contributed by atoms with Gasteiger partial charge in [-0.3, -0.25) is 4.79 Å². The number of anilines is 1. The molecule has 0 aliphatic rings. The monoisotopic (exact) mass is 306 g/mol. The Morgan fingerprint density at radius 2 is 1.78 bits per heavy atom. The molecule has 0 spiro atoms. The lowest BCUT2D eigenvalue weighted by Gasteiger charge is -2.07. The van der Waals surface area contributed by atoms with Crippen molar-refractivity contribution in [2.45, 2.75) is 20.8 Å². The molecule has 0 saturated heterocycles. The second kappa shape index (κ2) is 6.04. The first-order valence-electron chi connectivity index (χ1n) is 7.40. The molecular formula is C18H18N4O. The molecule has 2 aromatic heterocycles. The Labute approximate surface area is 135 Å². The summed E-state index contributed by atoms with van der Waals surface area (Å²) in [7, 11) is 0. The van der Waals surface area contributed by atoms with E-state index < -0.39 is 0 Å². The Morgan fingerprint density at radius 1 is 1.04 bits per heavy atom. The highest BCUT2D eigenvalue weighted by molar-refractivity contribution is 6.03. The van der Waals surface area contributed by atoms with Gasteiger partial charge in [0.1, 0.15) is 5.82 Å². The van der Waals surface area contributed by atoms with Crippen molar-refractivity contribution < 1.29 is 4.79 Å². The van der Waals surface area contributed by atoms with Crippen LogP contribution in [-0.4, -0.2) is 20.7 Å². The summed E-state index contributed by atoms with van der Waals surface area (Å²) in [4.78, 5) is 16.4. The number of carbonyl (C=O) groups excluding carboxylic acids is 1. The van der Waals surface area contributed by atoms with Crippen molar-refractivity contribution in [1.82, 2.24) is 14.8 Å². The van der Waals surface area contributed by atoms with E-state index in [1.165, 1.54) is 0 Å². The zero-order valence-corrected chi connectivity index (χ0v) is 13.4. The van der Waals surface area contributed by atoms with Gasteiger partial charge in [-0.05, 0) is 62.7 Å². The predicted molar refractivity (Wildman–Crippen MR) is 90.0 cm³/mol. The minimum Gasteiger partial charge on any atom is -0.307 e. The lowest BCUT2D eigenvalue weighted by Crippen LogP contribution is -2.13. The maximum absolute atomic E-state index is 12.2. The van der Waals surface area contributed by atoms with Gasteiger partial charge in [0, 0.05) is 17.5 Å². The highest BCUT2D eigenvalue weighted by Crippen LogP contribution is 2.14. The molecule has 0 aliphatic carbocycles. The summed E-state index contributed by atoms with van der Waals surface area (Å²) in [6.45, 7) is 5.92. The average Bonchev–Trinajstić information content (AvgIpc) is 2.88. The number of pyridine rings is 1. The molecule has 0 atom stereocenters. The SMILES string of the molecule is Cc1ccc(NC(=O)c2ccc(-n3nc(C)cc3C)cc2)nc1. The molecule has 3 rings (SSSR count). The van der Waals surface area contributed by atoms with E-state index in [4.69, 9.17) is 0 Å². The topological polar surface area (TPSA) is 59.8 Å². The number of amides is 1. The van der Waals surface area contributed by atoms with Crippen LogP contribution < -0.4 is 5.32 Å². The molecule has 1 aromatic carbocycles. The molecule has 2 heterocycles. The lowest BCUT2D eigenvalue weighted by molar-refractivity contribution is 0.102. The van der Waals surface area contributed by atoms with Gasteiger partial charge in [0.15, 0.2) is 0 Å². The number of hydrogen-bond acceptors (Lipinski definition) is 3. The van der Waals surface area contributed by atoms with E-state index in [0.717, 1.165) is 22.6 Å². The van der Waals surface area contributed by atoms with Crippen molar-refractivity contribution in [3.63, 3.8) is 0 Å². The highest BCUT2D eigenvalue weighted by Gasteiger charge is 2.08. The molecule has 0 unspecified atom stereocenters. The molecular weight excluding hydrogens is 288 g/mol. The minimum absolute atomic E-state index is 0.179. The zero-order chi connectivity index (χ0) is 16.4. The number of aromatic nitrogens is 3. The van der Waals surface area contributed by atoms with Crippen molar-refractivity contribution in [2.75, 3.05) is 5.32 Å². The number of hydrogen-bond donors (Lipinski definition) is 1. The molecule has 0 radical (unpaired) electrons. The molecule has 116 valence electrons. The quantitative estimate of drug-likeness (QED) is 0.806. The van der Waals surface area contributed by atoms with Crippen LogP contribution in [0.4, 0.5) is 5.82 Å². The first-order valence-corrected chi connectivity index (χ1v) is 7.40. The first-order chi connectivity index (χ1) is 11.0. The third kappa shape index (κ3) is 3.29. The van der Waals surface area contributed by atoms with Crippen LogP contribution in [0.5, 0.6) is 0 Å². The van der Waals surface area contributed by atoms with E-state index in [1.807, 2.05) is 49.7 Å². The normalized spacial score (nSPS) is 10.6. The fourth-order valence-electron chi connectivity index (χ4n) is 2.37. The highest BCUT2D eigenvalue weighted by atomic mass is 16.1. The lowest BCUT2D eigenvalue weighted by atomic mass is 10.2. The number of rotatable bonds is 3. The maximum atomic E-state index is 12.2. The van der Waals surface area contributed by atoms with Crippen molar-refractivity contribution in [2.24, 2.45) is 0 Å². The van der Waals surface area contributed by atoms with Gasteiger partial charge in [-0.15, -0.1) is 0 Å². The van der Waals surface area contributed by atoms with Gasteiger partial charge in [0.25, 0.3) is 5.91 Å². The fraction of sp³-hybridized carbons (Fsp3) is 0.167. The summed E-state index contributed by atoms with van der Waals surface area (Å²) >= 11 is 0. The van der Waals surface area contributed by atoms with Crippen molar-refractivity contribution in [1.29, 1.82) is 0 Å². The van der Waals surface area contributed by atoms with E-state index in [0.29, 0.717) is 11.4 Å². The first kappa shape index (κ1) is 15.0. The van der Waals surface area contributed by atoms with Crippen LogP contribution >= 0.6 is 0 Å². The third-order valence-corrected chi connectivity index (χ3v) is 3.54. The van der Waals surface area contributed by atoms with Crippen LogP contribution in [0.2, 0.25) is 0 Å². The molecule has 5 heteroatoms. The summed E-state index contributed by atoms with van der Waals surface area (Å²) in [5.74, 6) is 0.365. The Bertz CT molecular complexity index is 832. The Morgan fingerprint density at radius 3 is 2.35 bits per heavy atom. The number of benzene rings is 1. The van der Waals surface area contributed by atoms with Gasteiger partial charge in [-0.1, -0.05) is 6.07 Å². The van der Waals surface area contributed by atoms with Gasteiger partial charge in [-0.25, -0.2) is 9.67 Å². The van der Waals surface area contributed by atoms with E-state index in [2.05, 4.69) is 15.4 Å². The molecule has 3 aromatic rings. The van der Waals surface area contributed by atoms with E-state index in [9.17, 15) is 4.79 Å². The van der Waals surface area contributed by atoms with E-state index in [-0.39, 0.29) is 5.91 Å². The number of carbonyl (C=O) groups is 1. The summed E-state index contributed by atoms with van der Waals surface area (Å²) in [5.41, 5.74) is 4.59. The van der Waals surface area contributed by atoms with Gasteiger partial charge < -0.3 is 5.32 Å². The molecule has 23 heavy (non-hydrogen) atoms. The van der Waals surface area contributed by atoms with Crippen molar-refractivity contribution in [3.8, 4) is 5.69 Å². The maximum Gasteiger partial charge on any atom is 0.256 e. The second-order valence-corrected chi connectivity index (χ2v) is 5.56. The van der Waals surface area contributed by atoms with Crippen LogP contribution in [0.3, 0.4) is 0 Å². The van der Waals surface area contributed by atoms with Crippen LogP contribution in [0.15, 0.2) is 48.7 Å². The minimum atomic E-state index is -0.179. The van der Waals surface area contributed by atoms with Crippen LogP contribution in [-0.2, 0) is 0 Å². The Kier molecular flexibility index (Phi) is 3.93. The summed E-state index contributed by atoms with van der Waals surface area (Å²) in [6.07, 6.45) is 1.72. The van der Waals surface area contributed by atoms with E-state index >= 15 is 0 Å². The molecule has 0 aliphatic heterocycles. The predicted octanol–water partition coefficient (Wildman–Crippen LogP) is 3.44. The molecule has 1 amide bonds. The van der Waals surface area contributed by atoms with Gasteiger partial charge in [0.05, 0.1) is 11.4 Å². The fourth-order valence-corrected chi connectivity index (χ4v) is 2.37. The summed E-state index contributed by atoms with van der Waals surface area (Å²) < 4.78 is 1.86. The zero-order valence-electron chi connectivity index (χ0n) is 13.4. The van der Waals surface area contributed by atoms with Crippen LogP contribution in [0.1, 0.15) is 27.3 Å². The molecule has 5 nitrogen and oxygen atoms in total. The Balaban J connectivity index is 1.77. The second-order valence-electron chi connectivity index (χ2n) is 5.56. The van der Waals surface area contributed by atoms with Crippen molar-refractivity contribution >= 4 is 11.7 Å². The molecule has 0 saturated carbocycles. The molecule has 0 bridgehead atoms. The van der Waals surface area contributed by atoms with Gasteiger partial charge in [0.2, 0.25) is 0 Å². The average molecular weight is 306 g/mol. The summed E-state index contributed by atoms with van der Waals surface area (Å²) in [5, 5.41) is 7.22. The van der Waals surface area contributed by atoms with Gasteiger partial charge in [-0.2, -0.15) is 5.10 Å². The number of aryl methyl sites for hydroxylation is 3. The Hall–Kier alpha value is -2.95. The van der Waals surface area contributed by atoms with E-state index in [1.54, 1.807) is 24.4 Å². The van der Waals surface area contributed by atoms with Gasteiger partial charge >= 0.3 is 0 Å². The summed E-state index contributed by atoms with van der Waals surface area (Å²) in [6, 6.07) is 13.1. The molecule has 1 N–H and O–H groups in total. The van der Waals surface area contributed by atoms with Crippen LogP contribution in [0.25, 0.3) is 5.69 Å². The molecule has 0 fully saturated rings. The third-order valence-electron chi connectivity index (χ3n) is 3.54. The standard InChI is InChI=1S/C18H18N4O/c1-12-4-9-17(19-11-12)20-18(23)15-5-7-16(8-6-15)22-14(3)10-13(2)21-22/h4-11H,1-3H3,(H,19,20,23). The number of nitrogens with zero attached hydrogens (tertiary/aromatic N) is 3.